The predicted octanol–water partition coefficient (Wildman–Crippen LogP) is 3.72. The molecule has 1 aromatic carbocycles. The number of halogens is 1. The van der Waals surface area contributed by atoms with Crippen molar-refractivity contribution in [2.75, 3.05) is 19.5 Å². The van der Waals surface area contributed by atoms with Crippen LogP contribution in [0.2, 0.25) is 5.02 Å². The molecule has 0 aromatic heterocycles. The van der Waals surface area contributed by atoms with Crippen LogP contribution in [0.1, 0.15) is 24.8 Å². The van der Waals surface area contributed by atoms with Crippen LogP contribution in [-0.4, -0.2) is 25.5 Å². The molecular weight excluding hydrogens is 266 g/mol. The summed E-state index contributed by atoms with van der Waals surface area (Å²) in [4.78, 5) is 1.17. The summed E-state index contributed by atoms with van der Waals surface area (Å²) in [6.07, 6.45) is 3.70. The summed E-state index contributed by atoms with van der Waals surface area (Å²) in [5.41, 5.74) is 1.27. The van der Waals surface area contributed by atoms with Crippen LogP contribution in [0.3, 0.4) is 0 Å². The third-order valence-electron chi connectivity index (χ3n) is 2.92. The van der Waals surface area contributed by atoms with E-state index >= 15 is 0 Å². The number of nitrogens with one attached hydrogen (secondary N) is 1. The van der Waals surface area contributed by atoms with E-state index in [1.54, 1.807) is 18.9 Å². The van der Waals surface area contributed by atoms with Gasteiger partial charge in [0.2, 0.25) is 0 Å². The minimum Gasteiger partial charge on any atom is -0.385 e. The Hall–Kier alpha value is -0.220. The summed E-state index contributed by atoms with van der Waals surface area (Å²) < 4.78 is 5.03. The van der Waals surface area contributed by atoms with E-state index in [1.807, 2.05) is 0 Å². The second-order valence-electron chi connectivity index (χ2n) is 4.61. The first kappa shape index (κ1) is 14.2. The molecule has 18 heavy (non-hydrogen) atoms. The average molecular weight is 286 g/mol. The number of hydrogen-bond acceptors (Lipinski definition) is 3. The van der Waals surface area contributed by atoms with Gasteiger partial charge in [0.1, 0.15) is 0 Å². The van der Waals surface area contributed by atoms with E-state index in [1.165, 1.54) is 23.3 Å². The van der Waals surface area contributed by atoms with Crippen molar-refractivity contribution in [2.45, 2.75) is 36.7 Å². The molecule has 0 saturated heterocycles. The van der Waals surface area contributed by atoms with E-state index in [2.05, 4.69) is 23.5 Å². The fraction of sp³-hybridized carbons (Fsp3) is 0.571. The highest BCUT2D eigenvalue weighted by Gasteiger charge is 2.19. The monoisotopic (exact) mass is 285 g/mol. The van der Waals surface area contributed by atoms with Crippen LogP contribution < -0.4 is 5.32 Å². The molecule has 1 aliphatic rings. The van der Waals surface area contributed by atoms with Crippen molar-refractivity contribution in [1.29, 1.82) is 0 Å². The second-order valence-corrected chi connectivity index (χ2v) is 6.16. The van der Waals surface area contributed by atoms with Crippen LogP contribution in [0.25, 0.3) is 0 Å². The SMILES string of the molecule is COCCCSc1ccc(CNC2CC2)cc1Cl. The van der Waals surface area contributed by atoms with Gasteiger partial charge < -0.3 is 10.1 Å². The summed E-state index contributed by atoms with van der Waals surface area (Å²) in [6, 6.07) is 7.12. The summed E-state index contributed by atoms with van der Waals surface area (Å²) in [6.45, 7) is 1.74. The molecule has 100 valence electrons. The van der Waals surface area contributed by atoms with Gasteiger partial charge in [0.25, 0.3) is 0 Å². The van der Waals surface area contributed by atoms with E-state index in [0.29, 0.717) is 0 Å². The fourth-order valence-corrected chi connectivity index (χ4v) is 2.92. The lowest BCUT2D eigenvalue weighted by atomic mass is 10.2. The quantitative estimate of drug-likeness (QED) is 0.581. The number of hydrogen-bond donors (Lipinski definition) is 1. The van der Waals surface area contributed by atoms with Gasteiger partial charge in [0.15, 0.2) is 0 Å². The fourth-order valence-electron chi connectivity index (χ4n) is 1.71. The van der Waals surface area contributed by atoms with Gasteiger partial charge in [-0.3, -0.25) is 0 Å². The lowest BCUT2D eigenvalue weighted by molar-refractivity contribution is 0.200. The maximum atomic E-state index is 6.29. The molecule has 1 fully saturated rings. The van der Waals surface area contributed by atoms with Crippen molar-refractivity contribution in [1.82, 2.24) is 5.32 Å². The van der Waals surface area contributed by atoms with Crippen molar-refractivity contribution in [3.63, 3.8) is 0 Å². The Balaban J connectivity index is 1.79. The van der Waals surface area contributed by atoms with Crippen LogP contribution in [0.15, 0.2) is 23.1 Å². The Labute approximate surface area is 118 Å². The molecule has 0 aliphatic heterocycles. The van der Waals surface area contributed by atoms with Crippen LogP contribution in [-0.2, 0) is 11.3 Å². The number of thioether (sulfide) groups is 1. The van der Waals surface area contributed by atoms with Gasteiger partial charge in [-0.05, 0) is 37.0 Å². The van der Waals surface area contributed by atoms with Crippen molar-refractivity contribution < 1.29 is 4.74 Å². The average Bonchev–Trinajstić information content (AvgIpc) is 3.18. The largest absolute Gasteiger partial charge is 0.385 e. The molecule has 1 saturated carbocycles. The van der Waals surface area contributed by atoms with E-state index in [4.69, 9.17) is 16.3 Å². The van der Waals surface area contributed by atoms with Crippen molar-refractivity contribution in [2.24, 2.45) is 0 Å². The Bertz CT molecular complexity index is 382. The number of ether oxygens (including phenoxy) is 1. The second kappa shape index (κ2) is 7.39. The van der Waals surface area contributed by atoms with E-state index in [0.717, 1.165) is 36.4 Å². The summed E-state index contributed by atoms with van der Waals surface area (Å²) in [5, 5.41) is 4.37. The zero-order chi connectivity index (χ0) is 12.8. The molecule has 0 heterocycles. The van der Waals surface area contributed by atoms with Crippen LogP contribution >= 0.6 is 23.4 Å². The molecule has 1 aliphatic carbocycles. The zero-order valence-corrected chi connectivity index (χ0v) is 12.3. The van der Waals surface area contributed by atoms with Gasteiger partial charge >= 0.3 is 0 Å². The van der Waals surface area contributed by atoms with Gasteiger partial charge in [0, 0.05) is 37.0 Å². The maximum Gasteiger partial charge on any atom is 0.0545 e. The predicted molar refractivity (Wildman–Crippen MR) is 78.5 cm³/mol. The van der Waals surface area contributed by atoms with Gasteiger partial charge in [-0.1, -0.05) is 17.7 Å². The first-order chi connectivity index (χ1) is 8.79. The third kappa shape index (κ3) is 4.81. The van der Waals surface area contributed by atoms with Crippen molar-refractivity contribution >= 4 is 23.4 Å². The standard InChI is InChI=1S/C14H20ClNOS/c1-17-7-2-8-18-14-6-3-11(9-13(14)15)10-16-12-4-5-12/h3,6,9,12,16H,2,4-5,7-8,10H2,1H3. The van der Waals surface area contributed by atoms with Gasteiger partial charge in [-0.15, -0.1) is 11.8 Å². The highest BCUT2D eigenvalue weighted by molar-refractivity contribution is 7.99. The smallest absolute Gasteiger partial charge is 0.0545 e. The highest BCUT2D eigenvalue weighted by atomic mass is 35.5. The third-order valence-corrected chi connectivity index (χ3v) is 4.50. The number of benzene rings is 1. The Morgan fingerprint density at radius 3 is 2.94 bits per heavy atom. The molecule has 0 amide bonds. The normalized spacial score (nSPS) is 15.0. The highest BCUT2D eigenvalue weighted by Crippen LogP contribution is 2.29. The maximum absolute atomic E-state index is 6.29. The van der Waals surface area contributed by atoms with Crippen LogP contribution in [0.4, 0.5) is 0 Å². The molecule has 0 unspecified atom stereocenters. The lowest BCUT2D eigenvalue weighted by Crippen LogP contribution is -2.15. The molecular formula is C14H20ClNOS. The molecule has 2 nitrogen and oxygen atoms in total. The Morgan fingerprint density at radius 1 is 1.44 bits per heavy atom. The molecule has 1 N–H and O–H groups in total. The Morgan fingerprint density at radius 2 is 2.28 bits per heavy atom. The minimum atomic E-state index is 0.742. The molecule has 1 aromatic rings. The van der Waals surface area contributed by atoms with E-state index in [-0.39, 0.29) is 0 Å². The van der Waals surface area contributed by atoms with Crippen LogP contribution in [0.5, 0.6) is 0 Å². The minimum absolute atomic E-state index is 0.742. The zero-order valence-electron chi connectivity index (χ0n) is 10.7. The topological polar surface area (TPSA) is 21.3 Å². The summed E-state index contributed by atoms with van der Waals surface area (Å²) >= 11 is 8.09. The first-order valence-electron chi connectivity index (χ1n) is 6.43. The molecule has 0 bridgehead atoms. The van der Waals surface area contributed by atoms with E-state index in [9.17, 15) is 0 Å². The van der Waals surface area contributed by atoms with Crippen molar-refractivity contribution in [3.05, 3.63) is 28.8 Å². The summed E-state index contributed by atoms with van der Waals surface area (Å²) in [5.74, 6) is 1.05. The number of methoxy groups -OCH3 is 1. The lowest BCUT2D eigenvalue weighted by Gasteiger charge is -2.07. The molecule has 4 heteroatoms. The summed E-state index contributed by atoms with van der Waals surface area (Å²) in [7, 11) is 1.74. The van der Waals surface area contributed by atoms with Gasteiger partial charge in [-0.25, -0.2) is 0 Å². The van der Waals surface area contributed by atoms with Crippen LogP contribution in [0, 0.1) is 0 Å². The Kier molecular flexibility index (Phi) is 5.83. The molecule has 0 spiro atoms. The van der Waals surface area contributed by atoms with E-state index < -0.39 is 0 Å². The molecule has 2 rings (SSSR count). The number of rotatable bonds is 8. The molecule has 0 radical (unpaired) electrons. The van der Waals surface area contributed by atoms with Crippen molar-refractivity contribution in [3.8, 4) is 0 Å². The first-order valence-corrected chi connectivity index (χ1v) is 7.79. The van der Waals surface area contributed by atoms with Gasteiger partial charge in [-0.2, -0.15) is 0 Å². The molecule has 0 atom stereocenters. The van der Waals surface area contributed by atoms with Gasteiger partial charge in [0.05, 0.1) is 5.02 Å².